The van der Waals surface area contributed by atoms with Crippen LogP contribution in [0.25, 0.3) is 0 Å². The molecule has 1 saturated heterocycles. The number of hydrogen-bond donors (Lipinski definition) is 1. The van der Waals surface area contributed by atoms with Crippen LogP contribution in [0.4, 0.5) is 0 Å². The minimum atomic E-state index is -1.54. The zero-order valence-electron chi connectivity index (χ0n) is 19.5. The third kappa shape index (κ3) is 5.04. The molecule has 1 fully saturated rings. The molecule has 9 heteroatoms. The van der Waals surface area contributed by atoms with Crippen LogP contribution >= 0.6 is 0 Å². The molecule has 180 valence electrons. The number of fused-ring (bicyclic) bond motifs is 4. The van der Waals surface area contributed by atoms with Gasteiger partial charge in [-0.25, -0.2) is 9.59 Å². The van der Waals surface area contributed by atoms with Gasteiger partial charge in [0.1, 0.15) is 17.4 Å². The number of methoxy groups -OCH3 is 2. The molecule has 3 heterocycles. The number of ether oxygens (including phenoxy) is 5. The summed E-state index contributed by atoms with van der Waals surface area (Å²) >= 11 is 0. The Kier molecular flexibility index (Phi) is 6.85. The zero-order chi connectivity index (χ0) is 24.6. The van der Waals surface area contributed by atoms with Crippen LogP contribution in [0.1, 0.15) is 40.0 Å². The summed E-state index contributed by atoms with van der Waals surface area (Å²) in [6.45, 7) is 8.61. The molecule has 4 bridgehead atoms. The third-order valence-corrected chi connectivity index (χ3v) is 6.05. The molecule has 3 aliphatic rings. The first kappa shape index (κ1) is 24.7. The van der Waals surface area contributed by atoms with E-state index in [9.17, 15) is 19.5 Å². The van der Waals surface area contributed by atoms with Gasteiger partial charge in [0.2, 0.25) is 5.79 Å². The van der Waals surface area contributed by atoms with Crippen molar-refractivity contribution in [1.29, 1.82) is 0 Å². The maximum Gasteiger partial charge on any atom is 0.340 e. The summed E-state index contributed by atoms with van der Waals surface area (Å²) in [6.07, 6.45) is 3.09. The van der Waals surface area contributed by atoms with Gasteiger partial charge < -0.3 is 28.8 Å². The second-order valence-electron chi connectivity index (χ2n) is 8.83. The predicted molar refractivity (Wildman–Crippen MR) is 115 cm³/mol. The van der Waals surface area contributed by atoms with Gasteiger partial charge in [0.25, 0.3) is 0 Å². The van der Waals surface area contributed by atoms with Gasteiger partial charge in [0, 0.05) is 26.9 Å². The monoisotopic (exact) mass is 462 g/mol. The van der Waals surface area contributed by atoms with Crippen LogP contribution in [0.15, 0.2) is 47.3 Å². The number of hydrogen-bond acceptors (Lipinski definition) is 9. The van der Waals surface area contributed by atoms with Gasteiger partial charge in [-0.3, -0.25) is 4.79 Å². The Labute approximate surface area is 192 Å². The molecule has 3 unspecified atom stereocenters. The molecular weight excluding hydrogens is 432 g/mol. The Bertz CT molecular complexity index is 955. The van der Waals surface area contributed by atoms with Crippen molar-refractivity contribution in [3.05, 3.63) is 47.3 Å². The third-order valence-electron chi connectivity index (χ3n) is 6.05. The quantitative estimate of drug-likeness (QED) is 0.381. The molecule has 3 rings (SSSR count). The average Bonchev–Trinajstić information content (AvgIpc) is 3.20. The van der Waals surface area contributed by atoms with E-state index in [-0.39, 0.29) is 35.7 Å². The van der Waals surface area contributed by atoms with Gasteiger partial charge in [0.05, 0.1) is 18.3 Å². The summed E-state index contributed by atoms with van der Waals surface area (Å²) < 4.78 is 27.6. The van der Waals surface area contributed by atoms with Crippen molar-refractivity contribution in [3.8, 4) is 0 Å². The molecule has 0 spiro atoms. The largest absolute Gasteiger partial charge is 0.465 e. The maximum atomic E-state index is 12.6. The lowest BCUT2D eigenvalue weighted by Crippen LogP contribution is -2.39. The Morgan fingerprint density at radius 1 is 1.24 bits per heavy atom. The second-order valence-corrected chi connectivity index (χ2v) is 8.83. The van der Waals surface area contributed by atoms with E-state index in [0.29, 0.717) is 6.42 Å². The highest BCUT2D eigenvalue weighted by atomic mass is 16.7. The summed E-state index contributed by atoms with van der Waals surface area (Å²) in [5.74, 6) is -3.36. The fourth-order valence-corrected chi connectivity index (χ4v) is 4.38. The van der Waals surface area contributed by atoms with Crippen molar-refractivity contribution >= 4 is 17.9 Å². The van der Waals surface area contributed by atoms with E-state index in [1.807, 2.05) is 6.92 Å². The Morgan fingerprint density at radius 3 is 2.52 bits per heavy atom. The molecular formula is C24H30O9. The van der Waals surface area contributed by atoms with Gasteiger partial charge in [-0.2, -0.15) is 0 Å². The van der Waals surface area contributed by atoms with Gasteiger partial charge in [0.15, 0.2) is 6.10 Å². The van der Waals surface area contributed by atoms with Crippen LogP contribution < -0.4 is 0 Å². The second kappa shape index (κ2) is 9.15. The summed E-state index contributed by atoms with van der Waals surface area (Å²) in [6, 6.07) is 0. The maximum absolute atomic E-state index is 12.6. The lowest BCUT2D eigenvalue weighted by molar-refractivity contribution is -0.178. The van der Waals surface area contributed by atoms with Crippen LogP contribution in [0, 0.1) is 5.92 Å². The summed E-state index contributed by atoms with van der Waals surface area (Å²) in [4.78, 5) is 36.9. The molecule has 0 radical (unpaired) electrons. The first-order chi connectivity index (χ1) is 15.4. The van der Waals surface area contributed by atoms with E-state index < -0.39 is 41.5 Å². The number of carbonyl (C=O) groups is 3. The van der Waals surface area contributed by atoms with E-state index in [1.54, 1.807) is 6.08 Å². The molecule has 0 saturated carbocycles. The fraction of sp³-hybridized carbons (Fsp3) is 0.542. The smallest absolute Gasteiger partial charge is 0.340 e. The number of rotatable bonds is 4. The van der Waals surface area contributed by atoms with Gasteiger partial charge in [-0.05, 0) is 38.3 Å². The van der Waals surface area contributed by atoms with E-state index >= 15 is 0 Å². The van der Waals surface area contributed by atoms with Crippen LogP contribution in [0.2, 0.25) is 0 Å². The molecule has 0 amide bonds. The van der Waals surface area contributed by atoms with Crippen LogP contribution in [-0.2, 0) is 38.1 Å². The van der Waals surface area contributed by atoms with E-state index in [2.05, 4.69) is 6.58 Å². The number of allylic oxidation sites excluding steroid dienone is 3. The van der Waals surface area contributed by atoms with Crippen LogP contribution in [-0.4, -0.2) is 60.8 Å². The van der Waals surface area contributed by atoms with Crippen molar-refractivity contribution in [3.63, 3.8) is 0 Å². The molecule has 0 aliphatic carbocycles. The van der Waals surface area contributed by atoms with E-state index in [4.69, 9.17) is 23.7 Å². The first-order valence-electron chi connectivity index (χ1n) is 10.6. The van der Waals surface area contributed by atoms with E-state index in [1.165, 1.54) is 40.2 Å². The van der Waals surface area contributed by atoms with Crippen molar-refractivity contribution < 1.29 is 43.2 Å². The topological polar surface area (TPSA) is 118 Å². The van der Waals surface area contributed by atoms with Crippen molar-refractivity contribution in [2.45, 2.75) is 63.6 Å². The number of aliphatic hydroxyl groups is 1. The number of carbonyl (C=O) groups excluding carboxylic acids is 3. The highest BCUT2D eigenvalue weighted by Crippen LogP contribution is 2.43. The van der Waals surface area contributed by atoms with Gasteiger partial charge in [-0.1, -0.05) is 18.2 Å². The zero-order valence-corrected chi connectivity index (χ0v) is 19.5. The lowest BCUT2D eigenvalue weighted by atomic mass is 9.86. The molecule has 0 aromatic heterocycles. The average molecular weight is 462 g/mol. The SMILES string of the molecule is C=C(C)C1C/C=C2\C(=O)O[C@@H](CC(C)(O)/C=C3/C=C(C(=O)OC)C(OC)(C1)O3)[C@H]2OC(C)=O. The molecule has 5 atom stereocenters. The summed E-state index contributed by atoms with van der Waals surface area (Å²) in [5.41, 5.74) is -0.427. The van der Waals surface area contributed by atoms with Crippen LogP contribution in [0.3, 0.4) is 0 Å². The first-order valence-corrected chi connectivity index (χ1v) is 10.6. The molecule has 0 aromatic carbocycles. The number of esters is 3. The Hall–Kier alpha value is -2.91. The molecule has 1 N–H and O–H groups in total. The minimum absolute atomic E-state index is 0.0772. The summed E-state index contributed by atoms with van der Waals surface area (Å²) in [5, 5.41) is 11.1. The van der Waals surface area contributed by atoms with E-state index in [0.717, 1.165) is 5.57 Å². The van der Waals surface area contributed by atoms with Crippen molar-refractivity contribution in [1.82, 2.24) is 0 Å². The molecule has 33 heavy (non-hydrogen) atoms. The lowest BCUT2D eigenvalue weighted by Gasteiger charge is -2.33. The highest BCUT2D eigenvalue weighted by Gasteiger charge is 2.50. The Balaban J connectivity index is 2.15. The Morgan fingerprint density at radius 2 is 1.94 bits per heavy atom. The van der Waals surface area contributed by atoms with Crippen LogP contribution in [0.5, 0.6) is 0 Å². The predicted octanol–water partition coefficient (Wildman–Crippen LogP) is 2.25. The van der Waals surface area contributed by atoms with Crippen molar-refractivity contribution in [2.75, 3.05) is 14.2 Å². The summed E-state index contributed by atoms with van der Waals surface area (Å²) in [7, 11) is 2.68. The molecule has 0 aromatic rings. The highest BCUT2D eigenvalue weighted by molar-refractivity contribution is 5.93. The van der Waals surface area contributed by atoms with Gasteiger partial charge in [-0.15, -0.1) is 0 Å². The fourth-order valence-electron chi connectivity index (χ4n) is 4.38. The van der Waals surface area contributed by atoms with Crippen molar-refractivity contribution in [2.24, 2.45) is 5.92 Å². The molecule has 3 aliphatic heterocycles. The van der Waals surface area contributed by atoms with Gasteiger partial charge >= 0.3 is 17.9 Å². The minimum Gasteiger partial charge on any atom is -0.465 e. The normalized spacial score (nSPS) is 36.8. The molecule has 9 nitrogen and oxygen atoms in total. The standard InChI is InChI=1S/C24H30O9/c1-13(2)15-7-8-17-20(31-14(3)25)19(32-21(17)26)12-23(4,28)11-16-9-18(22(27)29-5)24(10-15,30-6)33-16/h8-9,11,15,19-20,28H,1,7,10,12H2,2-6H3/b16-11-,17-8-/t15?,19-,20-,23?,24?/m0/s1.